The van der Waals surface area contributed by atoms with Crippen molar-refractivity contribution in [3.63, 3.8) is 0 Å². The third-order valence-electron chi connectivity index (χ3n) is 3.70. The average molecular weight is 321 g/mol. The van der Waals surface area contributed by atoms with Crippen LogP contribution in [0.1, 0.15) is 24.3 Å². The minimum absolute atomic E-state index is 0.0230. The molecule has 0 fully saturated rings. The van der Waals surface area contributed by atoms with Gasteiger partial charge in [0.15, 0.2) is 5.78 Å². The van der Waals surface area contributed by atoms with Gasteiger partial charge in [-0.3, -0.25) is 9.79 Å². The molecular formula is C17H21ClN2O2. The van der Waals surface area contributed by atoms with Gasteiger partial charge in [0.05, 0.1) is 12.1 Å². The standard InChI is InChI=1S/C17H21ClN2O2/c1-20(2)7-6-19-11-15-16(21)9-13(10-17(15)22)12-4-3-5-14(18)8-12/h3-5,8,11,13,21H,6-7,9-10H2,1-2H3. The average Bonchev–Trinajstić information content (AvgIpc) is 2.45. The Kier molecular flexibility index (Phi) is 5.75. The van der Waals surface area contributed by atoms with Crippen molar-refractivity contribution in [3.05, 3.63) is 46.2 Å². The molecule has 22 heavy (non-hydrogen) atoms. The van der Waals surface area contributed by atoms with E-state index < -0.39 is 0 Å². The number of halogens is 1. The zero-order valence-electron chi connectivity index (χ0n) is 12.9. The van der Waals surface area contributed by atoms with Gasteiger partial charge in [-0.25, -0.2) is 0 Å². The van der Waals surface area contributed by atoms with Crippen molar-refractivity contribution in [2.24, 2.45) is 4.99 Å². The second kappa shape index (κ2) is 7.56. The Morgan fingerprint density at radius 3 is 2.82 bits per heavy atom. The molecule has 1 unspecified atom stereocenters. The number of carbonyl (C=O) groups excluding carboxylic acids is 1. The third-order valence-corrected chi connectivity index (χ3v) is 3.93. The molecule has 0 saturated heterocycles. The Bertz CT molecular complexity index is 608. The second-order valence-electron chi connectivity index (χ2n) is 5.78. The number of allylic oxidation sites excluding steroid dienone is 2. The van der Waals surface area contributed by atoms with E-state index in [2.05, 4.69) is 4.99 Å². The van der Waals surface area contributed by atoms with Gasteiger partial charge < -0.3 is 10.0 Å². The fraction of sp³-hybridized carbons (Fsp3) is 0.412. The zero-order chi connectivity index (χ0) is 16.1. The number of ketones is 1. The summed E-state index contributed by atoms with van der Waals surface area (Å²) in [6.07, 6.45) is 2.33. The monoisotopic (exact) mass is 320 g/mol. The summed E-state index contributed by atoms with van der Waals surface area (Å²) < 4.78 is 0. The second-order valence-corrected chi connectivity index (χ2v) is 6.22. The predicted molar refractivity (Wildman–Crippen MR) is 90.0 cm³/mol. The Morgan fingerprint density at radius 1 is 1.41 bits per heavy atom. The number of hydrogen-bond acceptors (Lipinski definition) is 4. The van der Waals surface area contributed by atoms with Gasteiger partial charge in [-0.2, -0.15) is 0 Å². The number of benzene rings is 1. The molecule has 1 N–H and O–H groups in total. The number of hydrogen-bond donors (Lipinski definition) is 1. The highest BCUT2D eigenvalue weighted by Crippen LogP contribution is 2.33. The van der Waals surface area contributed by atoms with Crippen molar-refractivity contribution in [2.75, 3.05) is 27.2 Å². The summed E-state index contributed by atoms with van der Waals surface area (Å²) in [5.41, 5.74) is 1.33. The van der Waals surface area contributed by atoms with Gasteiger partial charge >= 0.3 is 0 Å². The lowest BCUT2D eigenvalue weighted by Crippen LogP contribution is -2.20. The van der Waals surface area contributed by atoms with Gasteiger partial charge in [0.2, 0.25) is 0 Å². The van der Waals surface area contributed by atoms with E-state index in [0.717, 1.165) is 12.1 Å². The first-order chi connectivity index (χ1) is 10.5. The number of rotatable bonds is 5. The van der Waals surface area contributed by atoms with Crippen LogP contribution >= 0.6 is 11.6 Å². The molecule has 1 atom stereocenters. The predicted octanol–water partition coefficient (Wildman–Crippen LogP) is 3.23. The van der Waals surface area contributed by atoms with Crippen LogP contribution < -0.4 is 0 Å². The maximum absolute atomic E-state index is 12.2. The number of nitrogens with zero attached hydrogens (tertiary/aromatic N) is 2. The van der Waals surface area contributed by atoms with Crippen LogP contribution in [0.15, 0.2) is 40.6 Å². The lowest BCUT2D eigenvalue weighted by atomic mass is 9.83. The van der Waals surface area contributed by atoms with Gasteiger partial charge in [0.1, 0.15) is 5.76 Å². The van der Waals surface area contributed by atoms with Crippen molar-refractivity contribution in [2.45, 2.75) is 18.8 Å². The van der Waals surface area contributed by atoms with Gasteiger partial charge in [-0.1, -0.05) is 23.7 Å². The maximum Gasteiger partial charge on any atom is 0.168 e. The van der Waals surface area contributed by atoms with E-state index in [9.17, 15) is 9.90 Å². The Labute approximate surface area is 136 Å². The maximum atomic E-state index is 12.2. The molecule has 2 rings (SSSR count). The molecule has 0 aromatic heterocycles. The van der Waals surface area contributed by atoms with Gasteiger partial charge in [0, 0.05) is 30.6 Å². The van der Waals surface area contributed by atoms with Gasteiger partial charge in [-0.05, 0) is 37.7 Å². The van der Waals surface area contributed by atoms with E-state index in [1.165, 1.54) is 6.21 Å². The quantitative estimate of drug-likeness (QED) is 0.847. The first-order valence-electron chi connectivity index (χ1n) is 7.32. The summed E-state index contributed by atoms with van der Waals surface area (Å²) >= 11 is 5.99. The topological polar surface area (TPSA) is 52.9 Å². The van der Waals surface area contributed by atoms with Crippen LogP contribution in [0, 0.1) is 0 Å². The van der Waals surface area contributed by atoms with Gasteiger partial charge in [-0.15, -0.1) is 0 Å². The minimum Gasteiger partial charge on any atom is -0.511 e. The SMILES string of the molecule is CN(C)CCN=CC1=C(O)CC(c2cccc(Cl)c2)CC1=O. The highest BCUT2D eigenvalue weighted by Gasteiger charge is 2.27. The van der Waals surface area contributed by atoms with Crippen LogP contribution in [-0.2, 0) is 4.79 Å². The smallest absolute Gasteiger partial charge is 0.168 e. The molecule has 0 heterocycles. The number of Topliss-reactive ketones (excluding diaryl/α,β-unsaturated/α-hetero) is 1. The fourth-order valence-corrected chi connectivity index (χ4v) is 2.67. The van der Waals surface area contributed by atoms with Crippen LogP contribution in [0.25, 0.3) is 0 Å². The summed E-state index contributed by atoms with van der Waals surface area (Å²) in [5, 5.41) is 10.8. The van der Waals surface area contributed by atoms with E-state index in [1.807, 2.05) is 37.2 Å². The number of aliphatic imine (C=N–C) groups is 1. The van der Waals surface area contributed by atoms with E-state index >= 15 is 0 Å². The molecule has 4 nitrogen and oxygen atoms in total. The van der Waals surface area contributed by atoms with E-state index in [-0.39, 0.29) is 17.5 Å². The molecule has 1 aliphatic rings. The van der Waals surface area contributed by atoms with Crippen molar-refractivity contribution in [1.82, 2.24) is 4.90 Å². The molecule has 118 valence electrons. The van der Waals surface area contributed by atoms with Crippen molar-refractivity contribution < 1.29 is 9.90 Å². The van der Waals surface area contributed by atoms with Crippen LogP contribution in [-0.4, -0.2) is 49.2 Å². The number of aliphatic hydroxyl groups excluding tert-OH is 1. The Balaban J connectivity index is 2.08. The Morgan fingerprint density at radius 2 is 2.18 bits per heavy atom. The normalized spacial score (nSPS) is 19.5. The summed E-state index contributed by atoms with van der Waals surface area (Å²) in [6, 6.07) is 7.45. The van der Waals surface area contributed by atoms with E-state index in [1.54, 1.807) is 6.07 Å². The molecule has 0 radical (unpaired) electrons. The summed E-state index contributed by atoms with van der Waals surface area (Å²) in [4.78, 5) is 18.5. The lowest BCUT2D eigenvalue weighted by Gasteiger charge is -2.22. The first-order valence-corrected chi connectivity index (χ1v) is 7.70. The highest BCUT2D eigenvalue weighted by atomic mass is 35.5. The molecule has 1 aromatic carbocycles. The number of carbonyl (C=O) groups is 1. The largest absolute Gasteiger partial charge is 0.511 e. The molecular weight excluding hydrogens is 300 g/mol. The minimum atomic E-state index is -0.0673. The first kappa shape index (κ1) is 16.7. The molecule has 0 aliphatic heterocycles. The molecule has 1 aliphatic carbocycles. The van der Waals surface area contributed by atoms with Gasteiger partial charge in [0.25, 0.3) is 0 Å². The summed E-state index contributed by atoms with van der Waals surface area (Å²) in [5.74, 6) is 0.0299. The zero-order valence-corrected chi connectivity index (χ0v) is 13.7. The molecule has 0 spiro atoms. The third kappa shape index (κ3) is 4.42. The summed E-state index contributed by atoms with van der Waals surface area (Å²) in [6.45, 7) is 1.42. The highest BCUT2D eigenvalue weighted by molar-refractivity contribution is 6.30. The van der Waals surface area contributed by atoms with Crippen molar-refractivity contribution in [3.8, 4) is 0 Å². The van der Waals surface area contributed by atoms with Crippen LogP contribution in [0.5, 0.6) is 0 Å². The number of aliphatic hydroxyl groups is 1. The molecule has 5 heteroatoms. The lowest BCUT2D eigenvalue weighted by molar-refractivity contribution is -0.116. The van der Waals surface area contributed by atoms with E-state index in [0.29, 0.717) is 30.0 Å². The molecule has 0 bridgehead atoms. The molecule has 1 aromatic rings. The van der Waals surface area contributed by atoms with Crippen molar-refractivity contribution >= 4 is 23.6 Å². The van der Waals surface area contributed by atoms with Crippen LogP contribution in [0.4, 0.5) is 0 Å². The fourth-order valence-electron chi connectivity index (χ4n) is 2.47. The molecule has 0 saturated carbocycles. The summed E-state index contributed by atoms with van der Waals surface area (Å²) in [7, 11) is 3.93. The van der Waals surface area contributed by atoms with Crippen molar-refractivity contribution in [1.29, 1.82) is 0 Å². The van der Waals surface area contributed by atoms with Crippen LogP contribution in [0.2, 0.25) is 5.02 Å². The Hall–Kier alpha value is -1.65. The number of likely N-dealkylation sites (N-methyl/N-ethyl adjacent to an activating group) is 1. The van der Waals surface area contributed by atoms with E-state index in [4.69, 9.17) is 11.6 Å². The molecule has 0 amide bonds. The van der Waals surface area contributed by atoms with Crippen LogP contribution in [0.3, 0.4) is 0 Å².